The fourth-order valence-electron chi connectivity index (χ4n) is 12.1. The third-order valence-corrected chi connectivity index (χ3v) is 17.9. The Morgan fingerprint density at radius 3 is 1.82 bits per heavy atom. The lowest BCUT2D eigenvalue weighted by Crippen LogP contribution is -2.70. The van der Waals surface area contributed by atoms with Crippen molar-refractivity contribution in [2.24, 2.45) is 21.5 Å². The van der Waals surface area contributed by atoms with Crippen molar-refractivity contribution in [2.75, 3.05) is 46.1 Å². The molecule has 3 aromatic carbocycles. The summed E-state index contributed by atoms with van der Waals surface area (Å²) in [6, 6.07) is 9.21. The zero-order valence-corrected chi connectivity index (χ0v) is 53.9. The normalized spacial score (nSPS) is 34.9. The number of guanidine groups is 2. The van der Waals surface area contributed by atoms with Gasteiger partial charge in [0.25, 0.3) is 0 Å². The molecule has 0 radical (unpaired) electrons. The van der Waals surface area contributed by atoms with Crippen molar-refractivity contribution in [3.05, 3.63) is 102 Å². The number of hydrogen-bond donors (Lipinski definition) is 22. The first-order chi connectivity index (χ1) is 48.2. The maximum absolute atomic E-state index is 15.2. The molecule has 101 heavy (non-hydrogen) atoms. The van der Waals surface area contributed by atoms with Crippen LogP contribution in [0.4, 0.5) is 4.79 Å². The van der Waals surface area contributed by atoms with Crippen LogP contribution in [0.5, 0.6) is 5.75 Å². The van der Waals surface area contributed by atoms with Gasteiger partial charge >= 0.3 is 6.16 Å². The van der Waals surface area contributed by atoms with E-state index in [0.29, 0.717) is 11.1 Å². The Hall–Kier alpha value is -8.59. The van der Waals surface area contributed by atoms with Crippen LogP contribution in [0, 0.1) is 0 Å². The number of ether oxygens (including phenoxy) is 7. The Balaban J connectivity index is 0.970. The molecule has 0 bridgehead atoms. The molecule has 0 aromatic heterocycles. The Kier molecular flexibility index (Phi) is 26.1. The van der Waals surface area contributed by atoms with Crippen molar-refractivity contribution >= 4 is 53.5 Å². The van der Waals surface area contributed by atoms with Crippen molar-refractivity contribution in [2.45, 2.75) is 172 Å². The van der Waals surface area contributed by atoms with Gasteiger partial charge in [-0.3, -0.25) is 38.8 Å². The summed E-state index contributed by atoms with van der Waals surface area (Å²) >= 11 is 0. The van der Waals surface area contributed by atoms with E-state index in [1.54, 1.807) is 67.6 Å². The minimum atomic E-state index is -2.36. The molecule has 4 saturated heterocycles. The highest BCUT2D eigenvalue weighted by Gasteiger charge is 2.54. The number of carbonyl (C=O) groups excluding carboxylic acids is 7. The minimum absolute atomic E-state index is 0.0984. The van der Waals surface area contributed by atoms with Gasteiger partial charge in [-0.15, -0.1) is 0 Å². The third-order valence-electron chi connectivity index (χ3n) is 17.9. The van der Waals surface area contributed by atoms with Crippen LogP contribution in [0.25, 0.3) is 0 Å². The minimum Gasteiger partial charge on any atom is -0.462 e. The molecule has 4 fully saturated rings. The third kappa shape index (κ3) is 18.2. The lowest BCUT2D eigenvalue weighted by molar-refractivity contribution is -0.352. The number of rotatable bonds is 20. The largest absolute Gasteiger partial charge is 0.508 e. The summed E-state index contributed by atoms with van der Waals surface area (Å²) in [6.45, 7) is -4.15. The standard InChI is InChI=1S/C62H84N12O27/c1-25(28-10-6-3-7-11-28)38-54(91)68-30(16-26-12-14-29(15-13-26)97-58-50(88)47(85)51(35(22-77)99-58)101-59-49(87)46(84)44(82)36(100-59)24-96-62(94)95-23-27-8-4-2-5-9-27)53(90)72-39(41(79)31-17-66-60(63)70-31)56(93)73-40(55(92)69-32(20-75)52(89)65-19-37(78)71-38)42(80)33-18-67-61(64)74(33)57-48(86)45(83)43(81)34(21-76)98-57/h2-15,25,30-36,38-51,57-59,75-77,79-88H,16-24H2,1H3,(H2,64,67)(H,65,89)(H,68,91)(H,69,92)(H,71,78)(H,72,90)(H,73,93)(H3,63,66,70). The zero-order valence-electron chi connectivity index (χ0n) is 53.9. The number of amides is 6. The first-order valence-corrected chi connectivity index (χ1v) is 32.0. The molecule has 6 amide bonds. The smallest absolute Gasteiger partial charge is 0.462 e. The molecule has 6 aliphatic rings. The molecule has 6 heterocycles. The summed E-state index contributed by atoms with van der Waals surface area (Å²) < 4.78 is 39.0. The van der Waals surface area contributed by atoms with Crippen LogP contribution in [-0.2, 0) is 70.2 Å². The van der Waals surface area contributed by atoms with Crippen molar-refractivity contribution < 1.29 is 133 Å². The number of nitrogens with zero attached hydrogens (tertiary/aromatic N) is 3. The van der Waals surface area contributed by atoms with Crippen LogP contribution in [0.3, 0.4) is 0 Å². The van der Waals surface area contributed by atoms with Crippen molar-refractivity contribution in [1.82, 2.24) is 42.1 Å². The molecular weight excluding hydrogens is 1340 g/mol. The van der Waals surface area contributed by atoms with Gasteiger partial charge in [0.05, 0.1) is 51.5 Å². The molecule has 39 heteroatoms. The fraction of sp³-hybridized carbons (Fsp3) is 0.565. The van der Waals surface area contributed by atoms with Gasteiger partial charge in [-0.05, 0) is 28.8 Å². The summed E-state index contributed by atoms with van der Waals surface area (Å²) in [5.41, 5.74) is 13.5. The van der Waals surface area contributed by atoms with Crippen molar-refractivity contribution in [3.63, 3.8) is 0 Å². The maximum atomic E-state index is 15.2. The van der Waals surface area contributed by atoms with E-state index in [9.17, 15) is 90.4 Å². The summed E-state index contributed by atoms with van der Waals surface area (Å²) in [5, 5.41) is 160. The van der Waals surface area contributed by atoms with Crippen LogP contribution in [0.15, 0.2) is 94.9 Å². The van der Waals surface area contributed by atoms with Gasteiger partial charge < -0.3 is 153 Å². The van der Waals surface area contributed by atoms with Crippen LogP contribution < -0.4 is 53.4 Å². The van der Waals surface area contributed by atoms with Crippen LogP contribution in [-0.4, -0.2) is 317 Å². The van der Waals surface area contributed by atoms with Crippen molar-refractivity contribution in [3.8, 4) is 5.75 Å². The molecule has 9 rings (SSSR count). The van der Waals surface area contributed by atoms with E-state index in [0.717, 1.165) is 4.90 Å². The molecule has 0 spiro atoms. The first kappa shape index (κ1) is 76.6. The number of carbonyl (C=O) groups is 7. The van der Waals surface area contributed by atoms with E-state index in [-0.39, 0.29) is 30.4 Å². The van der Waals surface area contributed by atoms with Gasteiger partial charge in [0.1, 0.15) is 135 Å². The highest BCUT2D eigenvalue weighted by Crippen LogP contribution is 2.33. The lowest BCUT2D eigenvalue weighted by atomic mass is 9.92. The van der Waals surface area contributed by atoms with Gasteiger partial charge in [-0.2, -0.15) is 0 Å². The molecular formula is C62H84N12O27. The van der Waals surface area contributed by atoms with E-state index in [4.69, 9.17) is 44.6 Å². The van der Waals surface area contributed by atoms with Gasteiger partial charge in [-0.1, -0.05) is 79.7 Å². The predicted octanol–water partition coefficient (Wildman–Crippen LogP) is -11.3. The van der Waals surface area contributed by atoms with Crippen LogP contribution in [0.1, 0.15) is 29.5 Å². The van der Waals surface area contributed by atoms with Gasteiger partial charge in [-0.25, -0.2) is 4.79 Å². The Morgan fingerprint density at radius 1 is 0.574 bits per heavy atom. The number of aliphatic imine (C=N–C) groups is 2. The van der Waals surface area contributed by atoms with E-state index in [1.807, 2.05) is 0 Å². The lowest BCUT2D eigenvalue weighted by Gasteiger charge is -2.46. The van der Waals surface area contributed by atoms with Gasteiger partial charge in [0, 0.05) is 12.3 Å². The van der Waals surface area contributed by atoms with Crippen LogP contribution in [0.2, 0.25) is 0 Å². The first-order valence-electron chi connectivity index (χ1n) is 32.0. The number of nitrogens with two attached hydrogens (primary N) is 2. The summed E-state index contributed by atoms with van der Waals surface area (Å²) in [4.78, 5) is 109. The summed E-state index contributed by atoms with van der Waals surface area (Å²) in [6.07, 6.45) is -33.8. The van der Waals surface area contributed by atoms with Gasteiger partial charge in [0.2, 0.25) is 41.7 Å². The fourth-order valence-corrected chi connectivity index (χ4v) is 12.1. The second kappa shape index (κ2) is 34.4. The molecule has 6 aliphatic heterocycles. The average Bonchev–Trinajstić information content (AvgIpc) is 1.74. The van der Waals surface area contributed by atoms with E-state index in [2.05, 4.69) is 47.2 Å². The number of benzene rings is 3. The number of hydrogen-bond acceptors (Lipinski definition) is 33. The molecule has 0 aliphatic carbocycles. The Bertz CT molecular complexity index is 3390. The second-order valence-electron chi connectivity index (χ2n) is 24.7. The van der Waals surface area contributed by atoms with E-state index in [1.165, 1.54) is 24.3 Å². The maximum Gasteiger partial charge on any atom is 0.508 e. The van der Waals surface area contributed by atoms with Crippen molar-refractivity contribution in [1.29, 1.82) is 0 Å². The van der Waals surface area contributed by atoms with E-state index < -0.39 is 246 Å². The Morgan fingerprint density at radius 2 is 1.17 bits per heavy atom. The topological polar surface area (TPSA) is 611 Å². The van der Waals surface area contributed by atoms with E-state index >= 15 is 9.59 Å². The number of aliphatic hydroxyl groups is 13. The average molecular weight is 1430 g/mol. The van der Waals surface area contributed by atoms with Crippen LogP contribution >= 0.6 is 0 Å². The molecule has 3 aromatic rings. The monoisotopic (exact) mass is 1430 g/mol. The molecule has 25 atom stereocenters. The molecule has 554 valence electrons. The Labute approximate surface area is 574 Å². The number of aliphatic hydroxyl groups excluding tert-OH is 13. The molecule has 39 nitrogen and oxygen atoms in total. The molecule has 0 saturated carbocycles. The highest BCUT2D eigenvalue weighted by atomic mass is 16.8. The number of nitrogens with one attached hydrogen (secondary N) is 7. The van der Waals surface area contributed by atoms with Gasteiger partial charge in [0.15, 0.2) is 24.4 Å². The predicted molar refractivity (Wildman–Crippen MR) is 339 cm³/mol. The molecule has 24 N–H and O–H groups in total. The SMILES string of the molecule is CC(c1ccccc1)C1NC(=O)CNC(=O)C(CO)NC(=O)C(C(O)C2CN=C(N)N2C2OC(CO)C(O)C(O)C2O)NC(=O)C(C(O)C2CN=C(N)N2)NC(=O)C(Cc2ccc(OC3OC(CO)C(OC4OC(COC(=O)OCc5ccccc5)C(O)C(O)C4O)C(O)C3O)cc2)NC1=O. The second-order valence-corrected chi connectivity index (χ2v) is 24.7. The summed E-state index contributed by atoms with van der Waals surface area (Å²) in [5.74, 6) is -9.12. The highest BCUT2D eigenvalue weighted by molar-refractivity contribution is 5.98. The zero-order chi connectivity index (χ0) is 73.1. The molecule has 25 unspecified atom stereocenters. The quantitative estimate of drug-likeness (QED) is 0.0467. The summed E-state index contributed by atoms with van der Waals surface area (Å²) in [7, 11) is 0.